The fraction of sp³-hybridized carbons (Fsp3) is 0.500. The van der Waals surface area contributed by atoms with Crippen LogP contribution in [-0.2, 0) is 15.4 Å². The lowest BCUT2D eigenvalue weighted by molar-refractivity contribution is 0.0367. The molecule has 1 aromatic carbocycles. The van der Waals surface area contributed by atoms with E-state index in [9.17, 15) is 13.5 Å². The SMILES string of the molecule is CS(=O)(=O)C[C@@](O)(c1ccccc1)C1CC1. The third kappa shape index (κ3) is 2.44. The second-order valence-electron chi connectivity index (χ2n) is 4.63. The van der Waals surface area contributed by atoms with Crippen molar-refractivity contribution < 1.29 is 13.5 Å². The van der Waals surface area contributed by atoms with Gasteiger partial charge in [-0.05, 0) is 24.3 Å². The van der Waals surface area contributed by atoms with E-state index in [2.05, 4.69) is 0 Å². The fourth-order valence-electron chi connectivity index (χ4n) is 2.12. The predicted molar refractivity (Wildman–Crippen MR) is 62.8 cm³/mol. The molecule has 0 heterocycles. The molecule has 0 unspecified atom stereocenters. The first-order chi connectivity index (χ1) is 7.42. The van der Waals surface area contributed by atoms with E-state index >= 15 is 0 Å². The van der Waals surface area contributed by atoms with E-state index < -0.39 is 15.4 Å². The van der Waals surface area contributed by atoms with Crippen molar-refractivity contribution in [1.29, 1.82) is 0 Å². The van der Waals surface area contributed by atoms with E-state index in [-0.39, 0.29) is 11.7 Å². The molecule has 1 atom stereocenters. The zero-order valence-corrected chi connectivity index (χ0v) is 10.1. The van der Waals surface area contributed by atoms with Gasteiger partial charge in [-0.3, -0.25) is 0 Å². The van der Waals surface area contributed by atoms with Crippen LogP contribution >= 0.6 is 0 Å². The Balaban J connectivity index is 2.36. The second-order valence-corrected chi connectivity index (χ2v) is 6.77. The topological polar surface area (TPSA) is 54.4 Å². The summed E-state index contributed by atoms with van der Waals surface area (Å²) in [6.07, 6.45) is 2.98. The first-order valence-electron chi connectivity index (χ1n) is 5.37. The van der Waals surface area contributed by atoms with Crippen LogP contribution in [0.15, 0.2) is 30.3 Å². The zero-order valence-electron chi connectivity index (χ0n) is 9.26. The number of sulfone groups is 1. The predicted octanol–water partition coefficient (Wildman–Crippen LogP) is 1.33. The van der Waals surface area contributed by atoms with Gasteiger partial charge in [0.05, 0.1) is 5.75 Å². The maximum absolute atomic E-state index is 11.4. The smallest absolute Gasteiger partial charge is 0.150 e. The van der Waals surface area contributed by atoms with Gasteiger partial charge in [0, 0.05) is 6.26 Å². The van der Waals surface area contributed by atoms with Gasteiger partial charge in [0.25, 0.3) is 0 Å². The van der Waals surface area contributed by atoms with Gasteiger partial charge in [-0.1, -0.05) is 30.3 Å². The van der Waals surface area contributed by atoms with Crippen molar-refractivity contribution in [1.82, 2.24) is 0 Å². The monoisotopic (exact) mass is 240 g/mol. The van der Waals surface area contributed by atoms with E-state index in [1.54, 1.807) is 12.1 Å². The highest BCUT2D eigenvalue weighted by Gasteiger charge is 2.46. The summed E-state index contributed by atoms with van der Waals surface area (Å²) in [6.45, 7) is 0. The Kier molecular flexibility index (Phi) is 2.80. The van der Waals surface area contributed by atoms with Gasteiger partial charge in [0.15, 0.2) is 9.84 Å². The van der Waals surface area contributed by atoms with E-state index in [1.165, 1.54) is 6.26 Å². The maximum Gasteiger partial charge on any atom is 0.150 e. The van der Waals surface area contributed by atoms with Crippen molar-refractivity contribution in [2.45, 2.75) is 18.4 Å². The molecule has 1 aromatic rings. The molecule has 0 amide bonds. The van der Waals surface area contributed by atoms with Crippen LogP contribution in [0.25, 0.3) is 0 Å². The summed E-state index contributed by atoms with van der Waals surface area (Å²) in [5.41, 5.74) is -0.489. The minimum absolute atomic E-state index is 0.0876. The first kappa shape index (κ1) is 11.6. The Morgan fingerprint density at radius 2 is 1.88 bits per heavy atom. The zero-order chi connectivity index (χ0) is 11.8. The van der Waals surface area contributed by atoms with Crippen LogP contribution < -0.4 is 0 Å². The normalized spacial score (nSPS) is 20.4. The van der Waals surface area contributed by atoms with Crippen molar-refractivity contribution >= 4 is 9.84 Å². The van der Waals surface area contributed by atoms with Crippen LogP contribution in [0, 0.1) is 5.92 Å². The lowest BCUT2D eigenvalue weighted by atomic mass is 9.91. The molecule has 0 bridgehead atoms. The molecule has 0 saturated heterocycles. The van der Waals surface area contributed by atoms with Crippen LogP contribution in [-0.4, -0.2) is 25.5 Å². The molecule has 0 aliphatic heterocycles. The number of benzene rings is 1. The highest BCUT2D eigenvalue weighted by atomic mass is 32.2. The summed E-state index contributed by atoms with van der Waals surface area (Å²) in [5, 5.41) is 10.6. The maximum atomic E-state index is 11.4. The largest absolute Gasteiger partial charge is 0.384 e. The van der Waals surface area contributed by atoms with E-state index in [0.717, 1.165) is 12.8 Å². The fourth-order valence-corrected chi connectivity index (χ4v) is 3.33. The Labute approximate surface area is 96.0 Å². The highest BCUT2D eigenvalue weighted by Crippen LogP contribution is 2.46. The second kappa shape index (κ2) is 3.86. The lowest BCUT2D eigenvalue weighted by Gasteiger charge is -2.27. The van der Waals surface area contributed by atoms with Gasteiger partial charge < -0.3 is 5.11 Å². The van der Waals surface area contributed by atoms with Crippen LogP contribution in [0.2, 0.25) is 0 Å². The first-order valence-corrected chi connectivity index (χ1v) is 7.43. The van der Waals surface area contributed by atoms with Crippen LogP contribution in [0.1, 0.15) is 18.4 Å². The third-order valence-electron chi connectivity index (χ3n) is 3.01. The minimum atomic E-state index is -3.18. The molecule has 88 valence electrons. The molecule has 1 fully saturated rings. The number of hydrogen-bond donors (Lipinski definition) is 1. The molecule has 4 heteroatoms. The molecule has 1 N–H and O–H groups in total. The third-order valence-corrected chi connectivity index (χ3v) is 3.97. The highest BCUT2D eigenvalue weighted by molar-refractivity contribution is 7.90. The van der Waals surface area contributed by atoms with Crippen molar-refractivity contribution in [3.63, 3.8) is 0 Å². The average molecular weight is 240 g/mol. The van der Waals surface area contributed by atoms with Crippen molar-refractivity contribution in [2.75, 3.05) is 12.0 Å². The number of hydrogen-bond acceptors (Lipinski definition) is 3. The molecule has 0 radical (unpaired) electrons. The Morgan fingerprint density at radius 1 is 1.31 bits per heavy atom. The van der Waals surface area contributed by atoms with Gasteiger partial charge in [0.2, 0.25) is 0 Å². The Morgan fingerprint density at radius 3 is 2.31 bits per heavy atom. The molecule has 2 rings (SSSR count). The molecule has 16 heavy (non-hydrogen) atoms. The summed E-state index contributed by atoms with van der Waals surface area (Å²) in [6, 6.07) is 9.10. The summed E-state index contributed by atoms with van der Waals surface area (Å²) in [7, 11) is -3.18. The van der Waals surface area contributed by atoms with Crippen LogP contribution in [0.3, 0.4) is 0 Å². The number of rotatable bonds is 4. The van der Waals surface area contributed by atoms with E-state index in [1.807, 2.05) is 18.2 Å². The lowest BCUT2D eigenvalue weighted by Crippen LogP contribution is -2.36. The minimum Gasteiger partial charge on any atom is -0.384 e. The van der Waals surface area contributed by atoms with Crippen molar-refractivity contribution in [3.05, 3.63) is 35.9 Å². The summed E-state index contributed by atoms with van der Waals surface area (Å²) in [5.74, 6) is -0.0982. The molecule has 0 aromatic heterocycles. The quantitative estimate of drug-likeness (QED) is 0.863. The van der Waals surface area contributed by atoms with Crippen molar-refractivity contribution in [3.8, 4) is 0 Å². The summed E-state index contributed by atoms with van der Waals surface area (Å²) in [4.78, 5) is 0. The molecule has 1 aliphatic rings. The average Bonchev–Trinajstić information content (AvgIpc) is 2.99. The van der Waals surface area contributed by atoms with Crippen molar-refractivity contribution in [2.24, 2.45) is 5.92 Å². The molecule has 1 saturated carbocycles. The van der Waals surface area contributed by atoms with Gasteiger partial charge in [-0.15, -0.1) is 0 Å². The molecular formula is C12H16O3S. The van der Waals surface area contributed by atoms with Gasteiger partial charge in [-0.2, -0.15) is 0 Å². The molecule has 3 nitrogen and oxygen atoms in total. The molecule has 0 spiro atoms. The van der Waals surface area contributed by atoms with Gasteiger partial charge in [-0.25, -0.2) is 8.42 Å². The van der Waals surface area contributed by atoms with E-state index in [0.29, 0.717) is 5.56 Å². The van der Waals surface area contributed by atoms with Gasteiger partial charge >= 0.3 is 0 Å². The summed E-state index contributed by atoms with van der Waals surface area (Å²) < 4.78 is 22.8. The molecule has 1 aliphatic carbocycles. The van der Waals surface area contributed by atoms with Crippen LogP contribution in [0.5, 0.6) is 0 Å². The van der Waals surface area contributed by atoms with E-state index in [4.69, 9.17) is 0 Å². The van der Waals surface area contributed by atoms with Crippen LogP contribution in [0.4, 0.5) is 0 Å². The Hall–Kier alpha value is -0.870. The molecular weight excluding hydrogens is 224 g/mol. The summed E-state index contributed by atoms with van der Waals surface area (Å²) >= 11 is 0. The standard InChI is InChI=1S/C12H16O3S/c1-16(14,15)9-12(13,11-7-8-11)10-5-3-2-4-6-10/h2-6,11,13H,7-9H2,1H3/t12-/m1/s1. The number of aliphatic hydroxyl groups is 1. The van der Waals surface area contributed by atoms with Gasteiger partial charge in [0.1, 0.15) is 5.60 Å². The Bertz CT molecular complexity index is 462.